The Balaban J connectivity index is 2.83. The summed E-state index contributed by atoms with van der Waals surface area (Å²) >= 11 is 0. The predicted molar refractivity (Wildman–Crippen MR) is 82.1 cm³/mol. The van der Waals surface area contributed by atoms with Gasteiger partial charge in [0.25, 0.3) is 0 Å². The highest BCUT2D eigenvalue weighted by atomic mass is 16.5. The van der Waals surface area contributed by atoms with Gasteiger partial charge < -0.3 is 4.74 Å². The molecule has 0 saturated carbocycles. The van der Waals surface area contributed by atoms with Gasteiger partial charge in [-0.1, -0.05) is 19.0 Å². The number of hydrogen-bond donors (Lipinski definition) is 0. The number of allylic oxidation sites excluding steroid dienone is 1. The van der Waals surface area contributed by atoms with Crippen LogP contribution < -0.4 is 4.74 Å². The number of fused-ring (bicyclic) bond motifs is 1. The molecule has 0 heterocycles. The average Bonchev–Trinajstić information content (AvgIpc) is 2.42. The second-order valence-corrected chi connectivity index (χ2v) is 5.75. The maximum Gasteiger partial charge on any atom is 0.172 e. The van der Waals surface area contributed by atoms with E-state index in [0.717, 1.165) is 16.7 Å². The van der Waals surface area contributed by atoms with Gasteiger partial charge in [0.2, 0.25) is 0 Å². The Morgan fingerprint density at radius 2 is 2.05 bits per heavy atom. The Morgan fingerprint density at radius 1 is 1.38 bits per heavy atom. The molecule has 0 saturated heterocycles. The molecule has 1 aromatic carbocycles. The zero-order valence-electron chi connectivity index (χ0n) is 13.0. The first-order chi connectivity index (χ1) is 9.85. The highest BCUT2D eigenvalue weighted by Gasteiger charge is 2.40. The minimum atomic E-state index is -1.22. The van der Waals surface area contributed by atoms with Crippen molar-refractivity contribution >= 4 is 11.4 Å². The summed E-state index contributed by atoms with van der Waals surface area (Å²) in [5.41, 5.74) is 11.2. The van der Waals surface area contributed by atoms with Crippen LogP contribution in [0.5, 0.6) is 5.75 Å². The minimum absolute atomic E-state index is 0.192. The SMILES string of the molecule is COc1cc2c(cc1C)C(C(C)C)=CC(=O)C2(C)N=[N+]=[N-]. The Kier molecular flexibility index (Phi) is 3.79. The summed E-state index contributed by atoms with van der Waals surface area (Å²) < 4.78 is 5.35. The quantitative estimate of drug-likeness (QED) is 0.475. The first kappa shape index (κ1) is 15.1. The molecular formula is C16H19N3O2. The molecule has 1 aliphatic carbocycles. The molecule has 1 unspecified atom stereocenters. The lowest BCUT2D eigenvalue weighted by atomic mass is 9.74. The number of hydrogen-bond acceptors (Lipinski definition) is 3. The number of nitrogens with zero attached hydrogens (tertiary/aromatic N) is 3. The van der Waals surface area contributed by atoms with E-state index in [-0.39, 0.29) is 11.7 Å². The first-order valence-corrected chi connectivity index (χ1v) is 6.87. The summed E-state index contributed by atoms with van der Waals surface area (Å²) in [7, 11) is 1.59. The van der Waals surface area contributed by atoms with Crippen molar-refractivity contribution in [3.05, 3.63) is 45.3 Å². The van der Waals surface area contributed by atoms with Crippen LogP contribution in [0.2, 0.25) is 0 Å². The van der Waals surface area contributed by atoms with Gasteiger partial charge in [-0.15, -0.1) is 0 Å². The van der Waals surface area contributed by atoms with Crippen LogP contribution in [0.3, 0.4) is 0 Å². The normalized spacial score (nSPS) is 20.7. The topological polar surface area (TPSA) is 75.1 Å². The molecule has 1 atom stereocenters. The summed E-state index contributed by atoms with van der Waals surface area (Å²) in [6.07, 6.45) is 1.60. The van der Waals surface area contributed by atoms with E-state index < -0.39 is 5.54 Å². The van der Waals surface area contributed by atoms with Gasteiger partial charge in [-0.2, -0.15) is 0 Å². The van der Waals surface area contributed by atoms with E-state index in [1.54, 1.807) is 20.1 Å². The Hall–Kier alpha value is -2.26. The predicted octanol–water partition coefficient (Wildman–Crippen LogP) is 4.15. The number of carbonyl (C=O) groups is 1. The molecule has 0 fully saturated rings. The molecule has 5 heteroatoms. The van der Waals surface area contributed by atoms with Crippen molar-refractivity contribution in [2.75, 3.05) is 7.11 Å². The first-order valence-electron chi connectivity index (χ1n) is 6.87. The monoisotopic (exact) mass is 285 g/mol. The van der Waals surface area contributed by atoms with Crippen molar-refractivity contribution in [2.45, 2.75) is 33.2 Å². The van der Waals surface area contributed by atoms with Crippen LogP contribution in [0.4, 0.5) is 0 Å². The molecule has 0 aromatic heterocycles. The highest BCUT2D eigenvalue weighted by molar-refractivity contribution is 6.07. The van der Waals surface area contributed by atoms with Crippen LogP contribution in [0.25, 0.3) is 16.0 Å². The van der Waals surface area contributed by atoms with Crippen molar-refractivity contribution in [1.29, 1.82) is 0 Å². The molecule has 0 amide bonds. The molecule has 5 nitrogen and oxygen atoms in total. The zero-order chi connectivity index (χ0) is 15.8. The number of rotatable bonds is 3. The maximum absolute atomic E-state index is 12.5. The maximum atomic E-state index is 12.5. The van der Waals surface area contributed by atoms with Gasteiger partial charge in [-0.3, -0.25) is 4.79 Å². The van der Waals surface area contributed by atoms with Crippen LogP contribution in [-0.2, 0) is 10.3 Å². The van der Waals surface area contributed by atoms with E-state index in [1.807, 2.05) is 32.9 Å². The minimum Gasteiger partial charge on any atom is -0.496 e. The molecule has 21 heavy (non-hydrogen) atoms. The third-order valence-corrected chi connectivity index (χ3v) is 4.00. The lowest BCUT2D eigenvalue weighted by Crippen LogP contribution is -2.33. The Bertz CT molecular complexity index is 685. The summed E-state index contributed by atoms with van der Waals surface area (Å²) in [6.45, 7) is 7.69. The molecule has 0 bridgehead atoms. The van der Waals surface area contributed by atoms with Crippen molar-refractivity contribution in [2.24, 2.45) is 11.0 Å². The van der Waals surface area contributed by atoms with E-state index in [1.165, 1.54) is 0 Å². The molecule has 1 aliphatic rings. The van der Waals surface area contributed by atoms with Crippen molar-refractivity contribution in [3.8, 4) is 5.75 Å². The third-order valence-electron chi connectivity index (χ3n) is 4.00. The number of ether oxygens (including phenoxy) is 1. The Morgan fingerprint density at radius 3 is 2.57 bits per heavy atom. The molecule has 2 rings (SSSR count). The molecule has 0 radical (unpaired) electrons. The summed E-state index contributed by atoms with van der Waals surface area (Å²) in [5, 5.41) is 3.77. The fourth-order valence-electron chi connectivity index (χ4n) is 2.71. The number of ketones is 1. The molecule has 0 spiro atoms. The van der Waals surface area contributed by atoms with E-state index in [2.05, 4.69) is 10.0 Å². The third kappa shape index (κ3) is 2.30. The van der Waals surface area contributed by atoms with Gasteiger partial charge in [-0.25, -0.2) is 0 Å². The number of azide groups is 1. The Labute approximate surface area is 124 Å². The highest BCUT2D eigenvalue weighted by Crippen LogP contribution is 2.43. The number of aryl methyl sites for hydroxylation is 1. The largest absolute Gasteiger partial charge is 0.496 e. The second-order valence-electron chi connectivity index (χ2n) is 5.75. The fourth-order valence-corrected chi connectivity index (χ4v) is 2.71. The van der Waals surface area contributed by atoms with E-state index >= 15 is 0 Å². The molecular weight excluding hydrogens is 266 g/mol. The summed E-state index contributed by atoms with van der Waals surface area (Å²) in [5.74, 6) is 0.699. The van der Waals surface area contributed by atoms with E-state index in [0.29, 0.717) is 11.3 Å². The second kappa shape index (κ2) is 5.26. The zero-order valence-corrected chi connectivity index (χ0v) is 13.0. The lowest BCUT2D eigenvalue weighted by Gasteiger charge is -2.32. The van der Waals surface area contributed by atoms with Crippen LogP contribution in [0.15, 0.2) is 23.3 Å². The van der Waals surface area contributed by atoms with Gasteiger partial charge in [0, 0.05) is 4.91 Å². The van der Waals surface area contributed by atoms with Crippen LogP contribution >= 0.6 is 0 Å². The van der Waals surface area contributed by atoms with Gasteiger partial charge >= 0.3 is 0 Å². The van der Waals surface area contributed by atoms with Crippen molar-refractivity contribution in [1.82, 2.24) is 0 Å². The van der Waals surface area contributed by atoms with Crippen molar-refractivity contribution < 1.29 is 9.53 Å². The molecule has 0 aliphatic heterocycles. The van der Waals surface area contributed by atoms with Gasteiger partial charge in [0.1, 0.15) is 11.3 Å². The van der Waals surface area contributed by atoms with Gasteiger partial charge in [0.05, 0.1) is 7.11 Å². The molecule has 110 valence electrons. The van der Waals surface area contributed by atoms with Crippen LogP contribution in [0, 0.1) is 12.8 Å². The van der Waals surface area contributed by atoms with Gasteiger partial charge in [-0.05, 0) is 65.8 Å². The number of carbonyl (C=O) groups excluding carboxylic acids is 1. The fraction of sp³-hybridized carbons (Fsp3) is 0.438. The smallest absolute Gasteiger partial charge is 0.172 e. The van der Waals surface area contributed by atoms with E-state index in [9.17, 15) is 4.79 Å². The standard InChI is InChI=1S/C16H19N3O2/c1-9(2)11-7-15(20)16(4,18-19-17)13-8-14(21-5)10(3)6-12(11)13/h6-9H,1-5H3. The van der Waals surface area contributed by atoms with Gasteiger partial charge in [0.15, 0.2) is 5.78 Å². The summed E-state index contributed by atoms with van der Waals surface area (Å²) in [4.78, 5) is 15.3. The van der Waals surface area contributed by atoms with Crippen LogP contribution in [-0.4, -0.2) is 12.9 Å². The lowest BCUT2D eigenvalue weighted by molar-refractivity contribution is -0.119. The van der Waals surface area contributed by atoms with Crippen LogP contribution in [0.1, 0.15) is 37.5 Å². The summed E-state index contributed by atoms with van der Waals surface area (Å²) in [6, 6.07) is 3.81. The van der Waals surface area contributed by atoms with E-state index in [4.69, 9.17) is 10.3 Å². The number of benzene rings is 1. The molecule has 0 N–H and O–H groups in total. The average molecular weight is 285 g/mol. The number of methoxy groups -OCH3 is 1. The molecule has 1 aromatic rings. The van der Waals surface area contributed by atoms with Crippen molar-refractivity contribution in [3.63, 3.8) is 0 Å².